The molecule has 0 radical (unpaired) electrons. The lowest BCUT2D eigenvalue weighted by atomic mass is 9.95. The minimum absolute atomic E-state index is 0.0103. The molecule has 3 rings (SSSR count). The highest BCUT2D eigenvalue weighted by Gasteiger charge is 2.33. The maximum atomic E-state index is 12.7. The molecule has 1 aromatic rings. The molecular weight excluding hydrogens is 332 g/mol. The van der Waals surface area contributed by atoms with Gasteiger partial charge in [-0.25, -0.2) is 0 Å². The van der Waals surface area contributed by atoms with Gasteiger partial charge in [0.2, 0.25) is 5.91 Å². The Morgan fingerprint density at radius 2 is 1.81 bits per heavy atom. The maximum absolute atomic E-state index is 12.7. The largest absolute Gasteiger partial charge is 0.497 e. The molecule has 2 aliphatic heterocycles. The van der Waals surface area contributed by atoms with Crippen molar-refractivity contribution in [3.8, 4) is 5.75 Å². The quantitative estimate of drug-likeness (QED) is 0.806. The summed E-state index contributed by atoms with van der Waals surface area (Å²) in [6.07, 6.45) is 2.49. The molecule has 0 spiro atoms. The van der Waals surface area contributed by atoms with Crippen LogP contribution in [-0.4, -0.2) is 68.6 Å². The van der Waals surface area contributed by atoms with Gasteiger partial charge in [0.1, 0.15) is 5.75 Å². The number of hydrogen-bond donors (Lipinski definition) is 0. The number of hydrogen-bond acceptors (Lipinski definition) is 4. The van der Waals surface area contributed by atoms with Crippen molar-refractivity contribution >= 4 is 11.8 Å². The molecule has 2 amide bonds. The number of carbonyl (C=O) groups is 2. The van der Waals surface area contributed by atoms with Crippen LogP contribution in [0, 0.1) is 11.8 Å². The van der Waals surface area contributed by atoms with Crippen molar-refractivity contribution in [1.29, 1.82) is 0 Å². The van der Waals surface area contributed by atoms with Crippen molar-refractivity contribution in [2.24, 2.45) is 11.8 Å². The number of amides is 2. The fraction of sp³-hybridized carbons (Fsp3) is 0.600. The maximum Gasteiger partial charge on any atom is 0.253 e. The Bertz CT molecular complexity index is 640. The van der Waals surface area contributed by atoms with Crippen LogP contribution < -0.4 is 4.74 Å². The van der Waals surface area contributed by atoms with Gasteiger partial charge in [0, 0.05) is 50.7 Å². The van der Waals surface area contributed by atoms with Crippen molar-refractivity contribution in [1.82, 2.24) is 9.80 Å². The first kappa shape index (κ1) is 18.7. The second-order valence-electron chi connectivity index (χ2n) is 7.19. The van der Waals surface area contributed by atoms with Crippen LogP contribution in [0.4, 0.5) is 0 Å². The van der Waals surface area contributed by atoms with E-state index in [9.17, 15) is 9.59 Å². The van der Waals surface area contributed by atoms with E-state index in [1.165, 1.54) is 0 Å². The monoisotopic (exact) mass is 360 g/mol. The molecule has 26 heavy (non-hydrogen) atoms. The molecule has 1 atom stereocenters. The lowest BCUT2D eigenvalue weighted by Crippen LogP contribution is -2.44. The molecule has 1 unspecified atom stereocenters. The van der Waals surface area contributed by atoms with E-state index in [1.54, 1.807) is 20.3 Å². The number of methoxy groups -OCH3 is 2. The molecule has 0 saturated carbocycles. The van der Waals surface area contributed by atoms with Crippen LogP contribution in [0.3, 0.4) is 0 Å². The molecular formula is C20H28N2O4. The van der Waals surface area contributed by atoms with E-state index in [-0.39, 0.29) is 17.7 Å². The van der Waals surface area contributed by atoms with Crippen molar-refractivity contribution in [2.75, 3.05) is 47.0 Å². The number of piperidine rings is 1. The highest BCUT2D eigenvalue weighted by atomic mass is 16.5. The zero-order valence-corrected chi connectivity index (χ0v) is 15.6. The van der Waals surface area contributed by atoms with Gasteiger partial charge in [0.25, 0.3) is 5.91 Å². The third kappa shape index (κ3) is 4.18. The van der Waals surface area contributed by atoms with Crippen LogP contribution in [-0.2, 0) is 9.53 Å². The molecule has 2 saturated heterocycles. The molecule has 0 bridgehead atoms. The van der Waals surface area contributed by atoms with Gasteiger partial charge >= 0.3 is 0 Å². The van der Waals surface area contributed by atoms with E-state index in [0.29, 0.717) is 30.3 Å². The Morgan fingerprint density at radius 1 is 1.08 bits per heavy atom. The normalized spacial score (nSPS) is 21.1. The molecule has 2 aliphatic rings. The minimum atomic E-state index is 0.0103. The van der Waals surface area contributed by atoms with Gasteiger partial charge < -0.3 is 19.3 Å². The van der Waals surface area contributed by atoms with E-state index in [4.69, 9.17) is 9.47 Å². The Balaban J connectivity index is 1.52. The summed E-state index contributed by atoms with van der Waals surface area (Å²) < 4.78 is 10.4. The molecule has 142 valence electrons. The van der Waals surface area contributed by atoms with Crippen molar-refractivity contribution in [2.45, 2.75) is 19.3 Å². The summed E-state index contributed by atoms with van der Waals surface area (Å²) in [6, 6.07) is 7.22. The minimum Gasteiger partial charge on any atom is -0.497 e. The van der Waals surface area contributed by atoms with Gasteiger partial charge in [0.15, 0.2) is 0 Å². The predicted molar refractivity (Wildman–Crippen MR) is 98.2 cm³/mol. The highest BCUT2D eigenvalue weighted by molar-refractivity contribution is 5.94. The van der Waals surface area contributed by atoms with E-state index in [0.717, 1.165) is 39.0 Å². The molecule has 2 fully saturated rings. The summed E-state index contributed by atoms with van der Waals surface area (Å²) in [5.41, 5.74) is 0.635. The van der Waals surface area contributed by atoms with Gasteiger partial charge in [-0.1, -0.05) is 6.07 Å². The Labute approximate surface area is 155 Å². The number of likely N-dealkylation sites (tertiary alicyclic amines) is 2. The van der Waals surface area contributed by atoms with Gasteiger partial charge in [0.05, 0.1) is 13.7 Å². The summed E-state index contributed by atoms with van der Waals surface area (Å²) in [7, 11) is 3.30. The van der Waals surface area contributed by atoms with Crippen LogP contribution in [0.25, 0.3) is 0 Å². The first-order valence-electron chi connectivity index (χ1n) is 9.33. The van der Waals surface area contributed by atoms with Crippen molar-refractivity contribution < 1.29 is 19.1 Å². The average molecular weight is 360 g/mol. The van der Waals surface area contributed by atoms with Crippen LogP contribution in [0.1, 0.15) is 29.6 Å². The molecule has 0 N–H and O–H groups in total. The molecule has 2 heterocycles. The lowest BCUT2D eigenvalue weighted by Gasteiger charge is -2.33. The summed E-state index contributed by atoms with van der Waals surface area (Å²) >= 11 is 0. The van der Waals surface area contributed by atoms with Gasteiger partial charge in [-0.05, 0) is 37.5 Å². The van der Waals surface area contributed by atoms with Crippen LogP contribution >= 0.6 is 0 Å². The number of ether oxygens (including phenoxy) is 2. The molecule has 0 aromatic heterocycles. The van der Waals surface area contributed by atoms with E-state index in [2.05, 4.69) is 0 Å². The number of benzene rings is 1. The van der Waals surface area contributed by atoms with Crippen LogP contribution in [0.15, 0.2) is 24.3 Å². The van der Waals surface area contributed by atoms with E-state index >= 15 is 0 Å². The summed E-state index contributed by atoms with van der Waals surface area (Å²) in [6.45, 7) is 3.60. The Hall–Kier alpha value is -2.08. The fourth-order valence-electron chi connectivity index (χ4n) is 3.93. The fourth-order valence-corrected chi connectivity index (χ4v) is 3.93. The Kier molecular flexibility index (Phi) is 6.14. The molecule has 0 aliphatic carbocycles. The number of nitrogens with zero attached hydrogens (tertiary/aromatic N) is 2. The van der Waals surface area contributed by atoms with Gasteiger partial charge in [-0.2, -0.15) is 0 Å². The number of rotatable bonds is 5. The van der Waals surface area contributed by atoms with Gasteiger partial charge in [-0.15, -0.1) is 0 Å². The topological polar surface area (TPSA) is 59.1 Å². The first-order valence-corrected chi connectivity index (χ1v) is 9.33. The third-order valence-electron chi connectivity index (χ3n) is 5.45. The van der Waals surface area contributed by atoms with E-state index in [1.807, 2.05) is 28.0 Å². The average Bonchev–Trinajstić information content (AvgIpc) is 3.16. The van der Waals surface area contributed by atoms with Gasteiger partial charge in [-0.3, -0.25) is 9.59 Å². The van der Waals surface area contributed by atoms with Crippen molar-refractivity contribution in [3.63, 3.8) is 0 Å². The summed E-state index contributed by atoms with van der Waals surface area (Å²) in [5, 5.41) is 0. The zero-order valence-electron chi connectivity index (χ0n) is 15.6. The SMILES string of the molecule is COCC1CCN(C(=O)C2CCN(C(=O)c3cccc(OC)c3)CC2)C1. The number of carbonyl (C=O) groups excluding carboxylic acids is 2. The second-order valence-corrected chi connectivity index (χ2v) is 7.19. The molecule has 1 aromatic carbocycles. The zero-order chi connectivity index (χ0) is 18.5. The highest BCUT2D eigenvalue weighted by Crippen LogP contribution is 2.25. The van der Waals surface area contributed by atoms with Crippen LogP contribution in [0.5, 0.6) is 5.75 Å². The van der Waals surface area contributed by atoms with E-state index < -0.39 is 0 Å². The summed E-state index contributed by atoms with van der Waals surface area (Å²) in [4.78, 5) is 29.2. The third-order valence-corrected chi connectivity index (χ3v) is 5.45. The van der Waals surface area contributed by atoms with Crippen LogP contribution in [0.2, 0.25) is 0 Å². The van der Waals surface area contributed by atoms with Crippen molar-refractivity contribution in [3.05, 3.63) is 29.8 Å². The smallest absolute Gasteiger partial charge is 0.253 e. The molecule has 6 nitrogen and oxygen atoms in total. The standard InChI is InChI=1S/C20H28N2O4/c1-25-14-15-6-9-22(13-15)19(23)16-7-10-21(11-8-16)20(24)17-4-3-5-18(12-17)26-2/h3-5,12,15-16H,6-11,13-14H2,1-2H3. The lowest BCUT2D eigenvalue weighted by molar-refractivity contribution is -0.136. The molecule has 6 heteroatoms. The predicted octanol–water partition coefficient (Wildman–Crippen LogP) is 2.04. The summed E-state index contributed by atoms with van der Waals surface area (Å²) in [5.74, 6) is 1.43. The first-order chi connectivity index (χ1) is 12.6. The Morgan fingerprint density at radius 3 is 2.50 bits per heavy atom. The second kappa shape index (κ2) is 8.54.